The molecule has 1 saturated carbocycles. The molecule has 0 amide bonds. The van der Waals surface area contributed by atoms with Crippen molar-refractivity contribution in [2.24, 2.45) is 22.7 Å². The zero-order valence-electron chi connectivity index (χ0n) is 13.3. The number of hydrogen-bond donors (Lipinski definition) is 1. The van der Waals surface area contributed by atoms with Gasteiger partial charge < -0.3 is 15.0 Å². The Labute approximate surface area is 128 Å². The van der Waals surface area contributed by atoms with E-state index in [4.69, 9.17) is 9.73 Å². The zero-order valence-corrected chi connectivity index (χ0v) is 13.3. The first-order valence-electron chi connectivity index (χ1n) is 9.04. The molecular formula is C17H29N3O. The van der Waals surface area contributed by atoms with E-state index >= 15 is 0 Å². The molecule has 3 saturated heterocycles. The maximum absolute atomic E-state index is 6.08. The molecule has 118 valence electrons. The highest BCUT2D eigenvalue weighted by atomic mass is 16.5. The monoisotopic (exact) mass is 291 g/mol. The molecule has 4 nitrogen and oxygen atoms in total. The van der Waals surface area contributed by atoms with Gasteiger partial charge in [-0.05, 0) is 38.5 Å². The number of nitrogens with zero attached hydrogens (tertiary/aromatic N) is 2. The van der Waals surface area contributed by atoms with Crippen molar-refractivity contribution in [3.8, 4) is 0 Å². The number of fused-ring (bicyclic) bond motifs is 5. The number of aliphatic imine (C=N–C) groups is 1. The standard InChI is InChI=1S/C17H29N3O/c1-2-18-17(19-9-12-5-3-4-6-12)20-10-13-14(11-20)16-8-7-15(13)21-16/h12-16H,2-11H2,1H3,(H,18,19). The smallest absolute Gasteiger partial charge is 0.193 e. The van der Waals surface area contributed by atoms with Crippen LogP contribution >= 0.6 is 0 Å². The van der Waals surface area contributed by atoms with Crippen LogP contribution in [0.2, 0.25) is 0 Å². The molecule has 21 heavy (non-hydrogen) atoms. The third kappa shape index (κ3) is 2.56. The van der Waals surface area contributed by atoms with E-state index < -0.39 is 0 Å². The summed E-state index contributed by atoms with van der Waals surface area (Å²) in [5.74, 6) is 3.52. The Morgan fingerprint density at radius 2 is 1.76 bits per heavy atom. The zero-order chi connectivity index (χ0) is 14.2. The van der Waals surface area contributed by atoms with E-state index in [9.17, 15) is 0 Å². The molecule has 2 bridgehead atoms. The second-order valence-electron chi connectivity index (χ2n) is 7.37. The average molecular weight is 291 g/mol. The summed E-state index contributed by atoms with van der Waals surface area (Å²) < 4.78 is 6.08. The Kier molecular flexibility index (Phi) is 3.82. The molecule has 4 aliphatic rings. The van der Waals surface area contributed by atoms with Crippen molar-refractivity contribution in [1.29, 1.82) is 0 Å². The fraction of sp³-hybridized carbons (Fsp3) is 0.941. The van der Waals surface area contributed by atoms with Crippen LogP contribution in [0.1, 0.15) is 45.4 Å². The van der Waals surface area contributed by atoms with Crippen LogP contribution in [0.4, 0.5) is 0 Å². The molecule has 0 aromatic rings. The van der Waals surface area contributed by atoms with Crippen LogP contribution in [0, 0.1) is 17.8 Å². The second-order valence-corrected chi connectivity index (χ2v) is 7.37. The summed E-state index contributed by atoms with van der Waals surface area (Å²) in [6, 6.07) is 0. The Balaban J connectivity index is 1.41. The number of ether oxygens (including phenoxy) is 1. The molecule has 3 heterocycles. The lowest BCUT2D eigenvalue weighted by molar-refractivity contribution is 0.0767. The van der Waals surface area contributed by atoms with Crippen LogP contribution in [0.3, 0.4) is 0 Å². The maximum atomic E-state index is 6.08. The van der Waals surface area contributed by atoms with Gasteiger partial charge in [0.1, 0.15) is 0 Å². The quantitative estimate of drug-likeness (QED) is 0.640. The third-order valence-corrected chi connectivity index (χ3v) is 6.06. The van der Waals surface area contributed by atoms with Crippen molar-refractivity contribution in [1.82, 2.24) is 10.2 Å². The van der Waals surface area contributed by atoms with Crippen LogP contribution in [-0.2, 0) is 4.74 Å². The Bertz CT molecular complexity index is 387. The first-order chi connectivity index (χ1) is 10.3. The van der Waals surface area contributed by atoms with Crippen molar-refractivity contribution in [2.75, 3.05) is 26.2 Å². The predicted octanol–water partition coefficient (Wildman–Crippen LogP) is 2.25. The van der Waals surface area contributed by atoms with Gasteiger partial charge in [-0.3, -0.25) is 4.99 Å². The highest BCUT2D eigenvalue weighted by molar-refractivity contribution is 5.80. The summed E-state index contributed by atoms with van der Waals surface area (Å²) in [7, 11) is 0. The van der Waals surface area contributed by atoms with E-state index in [0.29, 0.717) is 12.2 Å². The lowest BCUT2D eigenvalue weighted by atomic mass is 9.82. The molecule has 4 rings (SSSR count). The van der Waals surface area contributed by atoms with E-state index in [2.05, 4.69) is 17.1 Å². The molecular weight excluding hydrogens is 262 g/mol. The number of likely N-dealkylation sites (tertiary alicyclic amines) is 1. The first kappa shape index (κ1) is 13.9. The van der Waals surface area contributed by atoms with Crippen molar-refractivity contribution in [3.63, 3.8) is 0 Å². The van der Waals surface area contributed by atoms with Gasteiger partial charge >= 0.3 is 0 Å². The lowest BCUT2D eigenvalue weighted by Gasteiger charge is -2.23. The molecule has 4 heteroatoms. The van der Waals surface area contributed by atoms with Gasteiger partial charge in [-0.25, -0.2) is 0 Å². The fourth-order valence-electron chi connectivity index (χ4n) is 4.97. The van der Waals surface area contributed by atoms with Gasteiger partial charge in [0.05, 0.1) is 12.2 Å². The molecule has 3 aliphatic heterocycles. The SMILES string of the molecule is CCNC(=NCC1CCCC1)N1CC2C3CCC(O3)C2C1. The Morgan fingerprint density at radius 3 is 2.38 bits per heavy atom. The molecule has 4 unspecified atom stereocenters. The van der Waals surface area contributed by atoms with E-state index in [0.717, 1.165) is 43.9 Å². The van der Waals surface area contributed by atoms with Crippen molar-refractivity contribution >= 4 is 5.96 Å². The molecule has 0 spiro atoms. The number of guanidine groups is 1. The Morgan fingerprint density at radius 1 is 1.10 bits per heavy atom. The molecule has 0 aromatic heterocycles. The summed E-state index contributed by atoms with van der Waals surface area (Å²) in [6.07, 6.45) is 9.24. The summed E-state index contributed by atoms with van der Waals surface area (Å²) in [4.78, 5) is 7.48. The predicted molar refractivity (Wildman–Crippen MR) is 84.4 cm³/mol. The molecule has 4 atom stereocenters. The average Bonchev–Trinajstić information content (AvgIpc) is 3.25. The van der Waals surface area contributed by atoms with E-state index in [-0.39, 0.29) is 0 Å². The highest BCUT2D eigenvalue weighted by Crippen LogP contribution is 2.47. The van der Waals surface area contributed by atoms with Crippen LogP contribution in [0.15, 0.2) is 4.99 Å². The van der Waals surface area contributed by atoms with Gasteiger partial charge in [0.2, 0.25) is 0 Å². The number of hydrogen-bond acceptors (Lipinski definition) is 2. The number of nitrogens with one attached hydrogen (secondary N) is 1. The minimum absolute atomic E-state index is 0.544. The van der Waals surface area contributed by atoms with Crippen LogP contribution < -0.4 is 5.32 Å². The summed E-state index contributed by atoms with van der Waals surface area (Å²) >= 11 is 0. The summed E-state index contributed by atoms with van der Waals surface area (Å²) in [5.41, 5.74) is 0. The van der Waals surface area contributed by atoms with E-state index in [1.807, 2.05) is 0 Å². The lowest BCUT2D eigenvalue weighted by Crippen LogP contribution is -2.41. The maximum Gasteiger partial charge on any atom is 0.193 e. The van der Waals surface area contributed by atoms with Gasteiger partial charge in [-0.1, -0.05) is 12.8 Å². The topological polar surface area (TPSA) is 36.9 Å². The van der Waals surface area contributed by atoms with E-state index in [1.54, 1.807) is 0 Å². The van der Waals surface area contributed by atoms with Gasteiger partial charge in [0, 0.05) is 38.0 Å². The van der Waals surface area contributed by atoms with Crippen molar-refractivity contribution in [2.45, 2.75) is 57.7 Å². The van der Waals surface area contributed by atoms with Gasteiger partial charge in [0.25, 0.3) is 0 Å². The van der Waals surface area contributed by atoms with Crippen LogP contribution in [-0.4, -0.2) is 49.2 Å². The van der Waals surface area contributed by atoms with Crippen LogP contribution in [0.5, 0.6) is 0 Å². The van der Waals surface area contributed by atoms with Gasteiger partial charge in [-0.2, -0.15) is 0 Å². The molecule has 0 aromatic carbocycles. The van der Waals surface area contributed by atoms with Crippen LogP contribution in [0.25, 0.3) is 0 Å². The molecule has 1 N–H and O–H groups in total. The Hall–Kier alpha value is -0.770. The fourth-order valence-corrected chi connectivity index (χ4v) is 4.97. The minimum Gasteiger partial charge on any atom is -0.374 e. The molecule has 4 fully saturated rings. The second kappa shape index (κ2) is 5.79. The number of rotatable bonds is 3. The summed E-state index contributed by atoms with van der Waals surface area (Å²) in [6.45, 7) is 6.48. The van der Waals surface area contributed by atoms with Gasteiger partial charge in [0.15, 0.2) is 5.96 Å². The summed E-state index contributed by atoms with van der Waals surface area (Å²) in [5, 5.41) is 3.52. The van der Waals surface area contributed by atoms with Gasteiger partial charge in [-0.15, -0.1) is 0 Å². The third-order valence-electron chi connectivity index (χ3n) is 6.06. The highest BCUT2D eigenvalue weighted by Gasteiger charge is 2.53. The minimum atomic E-state index is 0.544. The normalized spacial score (nSPS) is 39.3. The van der Waals surface area contributed by atoms with E-state index in [1.165, 1.54) is 44.5 Å². The van der Waals surface area contributed by atoms with Crippen molar-refractivity contribution < 1.29 is 4.74 Å². The molecule has 1 aliphatic carbocycles. The first-order valence-corrected chi connectivity index (χ1v) is 9.04. The largest absolute Gasteiger partial charge is 0.374 e. The van der Waals surface area contributed by atoms with Crippen molar-refractivity contribution in [3.05, 3.63) is 0 Å². The molecule has 0 radical (unpaired) electrons.